The third kappa shape index (κ3) is 4.02. The molecule has 7 heteroatoms. The molecule has 0 aromatic heterocycles. The van der Waals surface area contributed by atoms with Crippen molar-refractivity contribution in [3.05, 3.63) is 70.7 Å². The molecular formula is C21H22ClN3O3. The van der Waals surface area contributed by atoms with Gasteiger partial charge in [-0.2, -0.15) is 0 Å². The van der Waals surface area contributed by atoms with E-state index in [1.807, 2.05) is 37.3 Å². The monoisotopic (exact) mass is 399 g/mol. The van der Waals surface area contributed by atoms with Crippen molar-refractivity contribution in [1.82, 2.24) is 15.5 Å². The molecule has 28 heavy (non-hydrogen) atoms. The quantitative estimate of drug-likeness (QED) is 0.703. The fourth-order valence-corrected chi connectivity index (χ4v) is 3.45. The van der Waals surface area contributed by atoms with Gasteiger partial charge >= 0.3 is 6.03 Å². The van der Waals surface area contributed by atoms with Gasteiger partial charge in [0.25, 0.3) is 5.91 Å². The maximum absolute atomic E-state index is 13.0. The topological polar surface area (TPSA) is 78.5 Å². The summed E-state index contributed by atoms with van der Waals surface area (Å²) in [6, 6.07) is 15.9. The third-order valence-corrected chi connectivity index (χ3v) is 5.18. The summed E-state index contributed by atoms with van der Waals surface area (Å²) in [5, 5.41) is 6.18. The van der Waals surface area contributed by atoms with Gasteiger partial charge in [-0.25, -0.2) is 4.79 Å². The van der Waals surface area contributed by atoms with Gasteiger partial charge in [-0.1, -0.05) is 61.0 Å². The highest BCUT2D eigenvalue weighted by Crippen LogP contribution is 2.32. The van der Waals surface area contributed by atoms with Crippen molar-refractivity contribution in [1.29, 1.82) is 0 Å². The van der Waals surface area contributed by atoms with Crippen LogP contribution in [0.15, 0.2) is 54.6 Å². The van der Waals surface area contributed by atoms with Crippen molar-refractivity contribution in [3.63, 3.8) is 0 Å². The second-order valence-corrected chi connectivity index (χ2v) is 7.11. The summed E-state index contributed by atoms with van der Waals surface area (Å²) in [7, 11) is 0. The molecule has 1 atom stereocenters. The molecule has 1 aliphatic heterocycles. The van der Waals surface area contributed by atoms with Gasteiger partial charge in [0.1, 0.15) is 12.1 Å². The molecule has 0 radical (unpaired) electrons. The van der Waals surface area contributed by atoms with Crippen LogP contribution in [0.2, 0.25) is 5.02 Å². The van der Waals surface area contributed by atoms with Gasteiger partial charge in [0, 0.05) is 11.6 Å². The summed E-state index contributed by atoms with van der Waals surface area (Å²) in [5.41, 5.74) is 0.623. The van der Waals surface area contributed by atoms with E-state index in [-0.39, 0.29) is 12.5 Å². The first-order chi connectivity index (χ1) is 13.5. The lowest BCUT2D eigenvalue weighted by Crippen LogP contribution is -2.45. The van der Waals surface area contributed by atoms with Crippen LogP contribution in [0, 0.1) is 0 Å². The van der Waals surface area contributed by atoms with Crippen molar-refractivity contribution < 1.29 is 14.4 Å². The van der Waals surface area contributed by atoms with Gasteiger partial charge in [-0.3, -0.25) is 14.5 Å². The maximum atomic E-state index is 13.0. The number of amides is 4. The number of nitrogens with zero attached hydrogens (tertiary/aromatic N) is 1. The normalized spacial score (nSPS) is 18.9. The Morgan fingerprint density at radius 3 is 2.43 bits per heavy atom. The van der Waals surface area contributed by atoms with Crippen LogP contribution in [0.1, 0.15) is 24.5 Å². The Labute approximate surface area is 168 Å². The highest BCUT2D eigenvalue weighted by Gasteiger charge is 2.51. The Morgan fingerprint density at radius 2 is 1.79 bits per heavy atom. The van der Waals surface area contributed by atoms with Crippen LogP contribution in [0.4, 0.5) is 4.79 Å². The summed E-state index contributed by atoms with van der Waals surface area (Å²) in [6.45, 7) is 1.93. The highest BCUT2D eigenvalue weighted by atomic mass is 35.5. The van der Waals surface area contributed by atoms with Crippen LogP contribution in [0.3, 0.4) is 0 Å². The van der Waals surface area contributed by atoms with Crippen molar-refractivity contribution in [2.75, 3.05) is 13.1 Å². The lowest BCUT2D eigenvalue weighted by atomic mass is 9.87. The fraction of sp³-hybridized carbons (Fsp3) is 0.286. The molecule has 2 N–H and O–H groups in total. The smallest absolute Gasteiger partial charge is 0.325 e. The zero-order valence-corrected chi connectivity index (χ0v) is 16.3. The first-order valence-corrected chi connectivity index (χ1v) is 9.55. The van der Waals surface area contributed by atoms with E-state index in [1.54, 1.807) is 24.3 Å². The second kappa shape index (κ2) is 8.44. The van der Waals surface area contributed by atoms with Crippen LogP contribution in [-0.4, -0.2) is 35.8 Å². The number of halogens is 1. The molecule has 3 rings (SSSR count). The van der Waals surface area contributed by atoms with Crippen LogP contribution < -0.4 is 10.6 Å². The zero-order valence-electron chi connectivity index (χ0n) is 15.6. The molecule has 0 unspecified atom stereocenters. The summed E-state index contributed by atoms with van der Waals surface area (Å²) in [6.07, 6.45) is 1.03. The predicted octanol–water partition coefficient (Wildman–Crippen LogP) is 2.86. The first-order valence-electron chi connectivity index (χ1n) is 9.17. The van der Waals surface area contributed by atoms with Gasteiger partial charge in [-0.05, 0) is 36.1 Å². The Morgan fingerprint density at radius 1 is 1.11 bits per heavy atom. The average molecular weight is 400 g/mol. The summed E-state index contributed by atoms with van der Waals surface area (Å²) in [5.74, 6) is -0.781. The van der Waals surface area contributed by atoms with E-state index in [1.165, 1.54) is 0 Å². The number of rotatable bonds is 7. The van der Waals surface area contributed by atoms with E-state index in [0.717, 1.165) is 10.5 Å². The predicted molar refractivity (Wildman–Crippen MR) is 107 cm³/mol. The molecule has 146 valence electrons. The zero-order chi connectivity index (χ0) is 20.1. The van der Waals surface area contributed by atoms with Gasteiger partial charge in [0.05, 0.1) is 0 Å². The number of carbonyl (C=O) groups excluding carboxylic acids is 3. The number of nitrogens with one attached hydrogen (secondary N) is 2. The second-order valence-electron chi connectivity index (χ2n) is 6.67. The van der Waals surface area contributed by atoms with Crippen LogP contribution in [0.5, 0.6) is 0 Å². The SMILES string of the molecule is CC[C@]1(c2ccccc2)NC(=O)N(CC(=O)NCCc2ccc(Cl)cc2)C1=O. The molecule has 2 aromatic carbocycles. The average Bonchev–Trinajstić information content (AvgIpc) is 2.95. The van der Waals surface area contributed by atoms with Crippen molar-refractivity contribution in [3.8, 4) is 0 Å². The molecular weight excluding hydrogens is 378 g/mol. The molecule has 0 saturated carbocycles. The Kier molecular flexibility index (Phi) is 5.99. The maximum Gasteiger partial charge on any atom is 0.325 e. The van der Waals surface area contributed by atoms with E-state index < -0.39 is 17.5 Å². The molecule has 0 bridgehead atoms. The number of hydrogen-bond acceptors (Lipinski definition) is 3. The third-order valence-electron chi connectivity index (χ3n) is 4.92. The molecule has 1 aliphatic rings. The summed E-state index contributed by atoms with van der Waals surface area (Å²) in [4.78, 5) is 38.6. The summed E-state index contributed by atoms with van der Waals surface area (Å²) >= 11 is 5.85. The lowest BCUT2D eigenvalue weighted by Gasteiger charge is -2.25. The number of carbonyl (C=O) groups is 3. The minimum Gasteiger partial charge on any atom is -0.354 e. The number of hydrogen-bond donors (Lipinski definition) is 2. The van der Waals surface area contributed by atoms with E-state index in [9.17, 15) is 14.4 Å². The molecule has 4 amide bonds. The van der Waals surface area contributed by atoms with Crippen molar-refractivity contribution in [2.24, 2.45) is 0 Å². The Balaban J connectivity index is 1.60. The largest absolute Gasteiger partial charge is 0.354 e. The van der Waals surface area contributed by atoms with Crippen LogP contribution in [0.25, 0.3) is 0 Å². The Hall–Kier alpha value is -2.86. The fourth-order valence-electron chi connectivity index (χ4n) is 3.33. The van der Waals surface area contributed by atoms with Crippen LogP contribution >= 0.6 is 11.6 Å². The highest BCUT2D eigenvalue weighted by molar-refractivity contribution is 6.30. The van der Waals surface area contributed by atoms with E-state index in [2.05, 4.69) is 10.6 Å². The number of benzene rings is 2. The van der Waals surface area contributed by atoms with E-state index in [0.29, 0.717) is 30.0 Å². The molecule has 0 aliphatic carbocycles. The molecule has 6 nitrogen and oxygen atoms in total. The van der Waals surface area contributed by atoms with Crippen LogP contribution in [-0.2, 0) is 21.5 Å². The Bertz CT molecular complexity index is 870. The molecule has 0 spiro atoms. The molecule has 1 heterocycles. The minimum absolute atomic E-state index is 0.306. The molecule has 1 saturated heterocycles. The van der Waals surface area contributed by atoms with E-state index in [4.69, 9.17) is 11.6 Å². The van der Waals surface area contributed by atoms with Gasteiger partial charge in [-0.15, -0.1) is 0 Å². The van der Waals surface area contributed by atoms with Crippen molar-refractivity contribution in [2.45, 2.75) is 25.3 Å². The lowest BCUT2D eigenvalue weighted by molar-refractivity contribution is -0.135. The van der Waals surface area contributed by atoms with Gasteiger partial charge < -0.3 is 10.6 Å². The number of urea groups is 1. The molecule has 1 fully saturated rings. The number of imide groups is 1. The van der Waals surface area contributed by atoms with Gasteiger partial charge in [0.2, 0.25) is 5.91 Å². The standard InChI is InChI=1S/C21H22ClN3O3/c1-2-21(16-6-4-3-5-7-16)19(27)25(20(28)24-21)14-18(26)23-13-12-15-8-10-17(22)11-9-15/h3-11H,2,12-14H2,1H3,(H,23,26)(H,24,28)/t21-/m1/s1. The van der Waals surface area contributed by atoms with E-state index >= 15 is 0 Å². The van der Waals surface area contributed by atoms with Gasteiger partial charge in [0.15, 0.2) is 0 Å². The first kappa shape index (κ1) is 19.9. The molecule has 2 aromatic rings. The van der Waals surface area contributed by atoms with Crippen molar-refractivity contribution >= 4 is 29.4 Å². The summed E-state index contributed by atoms with van der Waals surface area (Å²) < 4.78 is 0. The minimum atomic E-state index is -1.12.